The number of carbonyl (C=O) groups is 1. The summed E-state index contributed by atoms with van der Waals surface area (Å²) in [6, 6.07) is 5.85. The molecule has 0 aromatic heterocycles. The van der Waals surface area contributed by atoms with Crippen molar-refractivity contribution >= 4 is 15.9 Å². The molecule has 2 rings (SSSR count). The number of sulfonamides is 1. The van der Waals surface area contributed by atoms with E-state index in [4.69, 9.17) is 4.74 Å². The SMILES string of the molecule is Cc1ccc(S(=O)(=O)NC(CC(C)C)C(=O)N2CCOCC2)cc1. The molecular weight excluding hydrogens is 328 g/mol. The number of benzene rings is 1. The molecule has 24 heavy (non-hydrogen) atoms. The van der Waals surface area contributed by atoms with Gasteiger partial charge in [-0.2, -0.15) is 4.72 Å². The van der Waals surface area contributed by atoms with Crippen LogP contribution in [0, 0.1) is 12.8 Å². The van der Waals surface area contributed by atoms with Crippen LogP contribution < -0.4 is 4.72 Å². The first-order valence-electron chi connectivity index (χ1n) is 8.25. The van der Waals surface area contributed by atoms with Gasteiger partial charge in [0.1, 0.15) is 6.04 Å². The Kier molecular flexibility index (Phi) is 6.37. The minimum absolute atomic E-state index is 0.177. The molecule has 1 aliphatic heterocycles. The highest BCUT2D eigenvalue weighted by atomic mass is 32.2. The number of hydrogen-bond donors (Lipinski definition) is 1. The number of ether oxygens (including phenoxy) is 1. The molecule has 1 unspecified atom stereocenters. The molecule has 1 aromatic rings. The maximum absolute atomic E-state index is 12.7. The molecule has 1 saturated heterocycles. The molecule has 0 aliphatic carbocycles. The van der Waals surface area contributed by atoms with Crippen LogP contribution >= 0.6 is 0 Å². The summed E-state index contributed by atoms with van der Waals surface area (Å²) < 4.78 is 33.1. The van der Waals surface area contributed by atoms with Crippen molar-refractivity contribution in [2.45, 2.75) is 38.1 Å². The van der Waals surface area contributed by atoms with Gasteiger partial charge in [0.15, 0.2) is 0 Å². The average Bonchev–Trinajstić information content (AvgIpc) is 2.54. The highest BCUT2D eigenvalue weighted by Crippen LogP contribution is 2.15. The van der Waals surface area contributed by atoms with Crippen LogP contribution in [0.3, 0.4) is 0 Å². The van der Waals surface area contributed by atoms with E-state index in [0.29, 0.717) is 32.7 Å². The van der Waals surface area contributed by atoms with E-state index < -0.39 is 16.1 Å². The fourth-order valence-corrected chi connectivity index (χ4v) is 3.85. The van der Waals surface area contributed by atoms with E-state index in [1.54, 1.807) is 29.2 Å². The van der Waals surface area contributed by atoms with E-state index in [-0.39, 0.29) is 16.7 Å². The number of carbonyl (C=O) groups excluding carboxylic acids is 1. The van der Waals surface area contributed by atoms with E-state index in [0.717, 1.165) is 5.56 Å². The molecule has 1 N–H and O–H groups in total. The summed E-state index contributed by atoms with van der Waals surface area (Å²) in [6.07, 6.45) is 0.460. The molecule has 0 bridgehead atoms. The van der Waals surface area contributed by atoms with Gasteiger partial charge in [0.2, 0.25) is 15.9 Å². The maximum atomic E-state index is 12.7. The van der Waals surface area contributed by atoms with Crippen molar-refractivity contribution in [3.63, 3.8) is 0 Å². The Bertz CT molecular complexity index is 650. The van der Waals surface area contributed by atoms with E-state index in [2.05, 4.69) is 4.72 Å². The predicted molar refractivity (Wildman–Crippen MR) is 92.1 cm³/mol. The molecule has 0 saturated carbocycles. The van der Waals surface area contributed by atoms with E-state index in [9.17, 15) is 13.2 Å². The summed E-state index contributed by atoms with van der Waals surface area (Å²) in [7, 11) is -3.73. The Balaban J connectivity index is 2.17. The van der Waals surface area contributed by atoms with Gasteiger partial charge in [-0.05, 0) is 31.4 Å². The molecule has 1 aromatic carbocycles. The first kappa shape index (κ1) is 18.9. The second kappa shape index (κ2) is 8.09. The normalized spacial score (nSPS) is 17.1. The van der Waals surface area contributed by atoms with Crippen molar-refractivity contribution in [1.82, 2.24) is 9.62 Å². The first-order valence-corrected chi connectivity index (χ1v) is 9.73. The molecule has 1 heterocycles. The first-order chi connectivity index (χ1) is 11.3. The third-order valence-corrected chi connectivity index (χ3v) is 5.44. The second-order valence-corrected chi connectivity index (χ2v) is 8.27. The van der Waals surface area contributed by atoms with Crippen molar-refractivity contribution in [3.8, 4) is 0 Å². The number of nitrogens with one attached hydrogen (secondary N) is 1. The van der Waals surface area contributed by atoms with Crippen LogP contribution in [-0.4, -0.2) is 51.6 Å². The molecule has 1 fully saturated rings. The molecule has 6 nitrogen and oxygen atoms in total. The summed E-state index contributed by atoms with van der Waals surface area (Å²) >= 11 is 0. The molecule has 1 aliphatic rings. The lowest BCUT2D eigenvalue weighted by molar-refractivity contribution is -0.137. The van der Waals surface area contributed by atoms with Gasteiger partial charge in [0.05, 0.1) is 18.1 Å². The summed E-state index contributed by atoms with van der Waals surface area (Å²) in [5, 5.41) is 0. The maximum Gasteiger partial charge on any atom is 0.241 e. The molecule has 0 spiro atoms. The summed E-state index contributed by atoms with van der Waals surface area (Å²) in [5.41, 5.74) is 0.983. The lowest BCUT2D eigenvalue weighted by Crippen LogP contribution is -2.52. The number of amides is 1. The van der Waals surface area contributed by atoms with Gasteiger partial charge in [0.25, 0.3) is 0 Å². The quantitative estimate of drug-likeness (QED) is 0.841. The van der Waals surface area contributed by atoms with E-state index in [1.165, 1.54) is 0 Å². The van der Waals surface area contributed by atoms with E-state index in [1.807, 2.05) is 20.8 Å². The van der Waals surface area contributed by atoms with Gasteiger partial charge in [0, 0.05) is 13.1 Å². The summed E-state index contributed by atoms with van der Waals surface area (Å²) in [6.45, 7) is 7.82. The molecule has 1 amide bonds. The third kappa shape index (κ3) is 5.03. The Morgan fingerprint density at radius 1 is 1.21 bits per heavy atom. The van der Waals surface area contributed by atoms with Crippen LogP contribution in [0.15, 0.2) is 29.2 Å². The Morgan fingerprint density at radius 3 is 2.33 bits per heavy atom. The molecule has 7 heteroatoms. The smallest absolute Gasteiger partial charge is 0.241 e. The zero-order chi connectivity index (χ0) is 17.7. The van der Waals surface area contributed by atoms with Gasteiger partial charge >= 0.3 is 0 Å². The molecule has 0 radical (unpaired) electrons. The number of rotatable bonds is 6. The van der Waals surface area contributed by atoms with Crippen LogP contribution in [0.5, 0.6) is 0 Å². The fraction of sp³-hybridized carbons (Fsp3) is 0.588. The van der Waals surface area contributed by atoms with Crippen molar-refractivity contribution in [1.29, 1.82) is 0 Å². The minimum atomic E-state index is -3.73. The van der Waals surface area contributed by atoms with Crippen molar-refractivity contribution in [3.05, 3.63) is 29.8 Å². The van der Waals surface area contributed by atoms with Crippen LogP contribution in [0.2, 0.25) is 0 Å². The van der Waals surface area contributed by atoms with E-state index >= 15 is 0 Å². The van der Waals surface area contributed by atoms with Gasteiger partial charge in [-0.15, -0.1) is 0 Å². The fourth-order valence-electron chi connectivity index (χ4n) is 2.65. The van der Waals surface area contributed by atoms with Crippen molar-refractivity contribution in [2.75, 3.05) is 26.3 Å². The average molecular weight is 354 g/mol. The van der Waals surface area contributed by atoms with Gasteiger partial charge in [-0.25, -0.2) is 8.42 Å². The molecule has 1 atom stereocenters. The lowest BCUT2D eigenvalue weighted by Gasteiger charge is -2.31. The zero-order valence-corrected chi connectivity index (χ0v) is 15.3. The standard InChI is InChI=1S/C17H26N2O4S/c1-13(2)12-16(17(20)19-8-10-23-11-9-19)18-24(21,22)15-6-4-14(3)5-7-15/h4-7,13,16,18H,8-12H2,1-3H3. The van der Waals surface area contributed by atoms with Crippen molar-refractivity contribution in [2.24, 2.45) is 5.92 Å². The number of hydrogen-bond acceptors (Lipinski definition) is 4. The lowest BCUT2D eigenvalue weighted by atomic mass is 10.0. The summed E-state index contributed by atoms with van der Waals surface area (Å²) in [5.74, 6) is 0.0170. The second-order valence-electron chi connectivity index (χ2n) is 6.55. The predicted octanol–water partition coefficient (Wildman–Crippen LogP) is 1.55. The Labute approximate surface area is 144 Å². The van der Waals surface area contributed by atoms with Gasteiger partial charge in [-0.1, -0.05) is 31.5 Å². The largest absolute Gasteiger partial charge is 0.378 e. The third-order valence-electron chi connectivity index (χ3n) is 3.96. The van der Waals surface area contributed by atoms with Crippen molar-refractivity contribution < 1.29 is 17.9 Å². The van der Waals surface area contributed by atoms with Gasteiger partial charge in [-0.3, -0.25) is 4.79 Å². The zero-order valence-electron chi connectivity index (χ0n) is 14.5. The molecule has 134 valence electrons. The minimum Gasteiger partial charge on any atom is -0.378 e. The van der Waals surface area contributed by atoms with Gasteiger partial charge < -0.3 is 9.64 Å². The highest BCUT2D eigenvalue weighted by Gasteiger charge is 2.30. The molecular formula is C17H26N2O4S. The number of morpholine rings is 1. The van der Waals surface area contributed by atoms with Crippen LogP contribution in [0.4, 0.5) is 0 Å². The number of aryl methyl sites for hydroxylation is 1. The van der Waals surface area contributed by atoms with Crippen LogP contribution in [0.1, 0.15) is 25.8 Å². The monoisotopic (exact) mass is 354 g/mol. The number of nitrogens with zero attached hydrogens (tertiary/aromatic N) is 1. The van der Waals surface area contributed by atoms with Crippen LogP contribution in [-0.2, 0) is 19.6 Å². The highest BCUT2D eigenvalue weighted by molar-refractivity contribution is 7.89. The summed E-state index contributed by atoms with van der Waals surface area (Å²) in [4.78, 5) is 14.6. The van der Waals surface area contributed by atoms with Crippen LogP contribution in [0.25, 0.3) is 0 Å². The topological polar surface area (TPSA) is 75.7 Å². The Hall–Kier alpha value is -1.44. The Morgan fingerprint density at radius 2 is 1.79 bits per heavy atom.